The Morgan fingerprint density at radius 1 is 1.47 bits per heavy atom. The van der Waals surface area contributed by atoms with Crippen molar-refractivity contribution in [3.63, 3.8) is 0 Å². The van der Waals surface area contributed by atoms with Gasteiger partial charge in [0.2, 0.25) is 5.91 Å². The largest absolute Gasteiger partial charge is 0.375 e. The average Bonchev–Trinajstić information content (AvgIpc) is 2.32. The summed E-state index contributed by atoms with van der Waals surface area (Å²) in [6, 6.07) is 0.0547. The van der Waals surface area contributed by atoms with Gasteiger partial charge in [-0.05, 0) is 13.8 Å². The molecular formula is C11H17N3O3. The number of hydrazone groups is 1. The summed E-state index contributed by atoms with van der Waals surface area (Å²) < 4.78 is 5.47. The third-order valence-electron chi connectivity index (χ3n) is 3.02. The summed E-state index contributed by atoms with van der Waals surface area (Å²) in [7, 11) is 0. The molecule has 0 aromatic rings. The molecule has 0 unspecified atom stereocenters. The molecule has 2 heterocycles. The van der Waals surface area contributed by atoms with Crippen molar-refractivity contribution >= 4 is 17.5 Å². The van der Waals surface area contributed by atoms with E-state index in [-0.39, 0.29) is 24.0 Å². The van der Waals surface area contributed by atoms with Gasteiger partial charge in [0.1, 0.15) is 5.71 Å². The number of hydrogen-bond donors (Lipinski definition) is 1. The lowest BCUT2D eigenvalue weighted by atomic mass is 10.1. The zero-order chi connectivity index (χ0) is 12.4. The zero-order valence-corrected chi connectivity index (χ0v) is 10.1. The highest BCUT2D eigenvalue weighted by Gasteiger charge is 2.31. The van der Waals surface area contributed by atoms with Crippen LogP contribution in [0.15, 0.2) is 5.10 Å². The van der Waals surface area contributed by atoms with Crippen LogP contribution < -0.4 is 5.43 Å². The molecule has 0 spiro atoms. The summed E-state index contributed by atoms with van der Waals surface area (Å²) in [6.45, 7) is 5.02. The highest BCUT2D eigenvalue weighted by molar-refractivity contribution is 6.39. The Morgan fingerprint density at radius 2 is 2.24 bits per heavy atom. The molecule has 94 valence electrons. The normalized spacial score (nSPS) is 29.6. The van der Waals surface area contributed by atoms with Gasteiger partial charge in [-0.15, -0.1) is 0 Å². The van der Waals surface area contributed by atoms with E-state index in [1.165, 1.54) is 0 Å². The number of carbonyl (C=O) groups excluding carboxylic acids is 2. The fourth-order valence-electron chi connectivity index (χ4n) is 1.98. The fourth-order valence-corrected chi connectivity index (χ4v) is 1.98. The van der Waals surface area contributed by atoms with Crippen LogP contribution in [-0.4, -0.2) is 47.7 Å². The monoisotopic (exact) mass is 239 g/mol. The van der Waals surface area contributed by atoms with Crippen LogP contribution in [0.25, 0.3) is 0 Å². The van der Waals surface area contributed by atoms with E-state index in [4.69, 9.17) is 4.74 Å². The summed E-state index contributed by atoms with van der Waals surface area (Å²) in [5.41, 5.74) is 2.78. The lowest BCUT2D eigenvalue weighted by Gasteiger charge is -2.37. The molecule has 6 heteroatoms. The van der Waals surface area contributed by atoms with Crippen LogP contribution in [0.3, 0.4) is 0 Å². The van der Waals surface area contributed by atoms with Gasteiger partial charge in [0.05, 0.1) is 18.8 Å². The molecule has 2 aliphatic heterocycles. The molecule has 0 radical (unpaired) electrons. The predicted molar refractivity (Wildman–Crippen MR) is 61.4 cm³/mol. The Morgan fingerprint density at radius 3 is 2.88 bits per heavy atom. The van der Waals surface area contributed by atoms with E-state index in [1.54, 1.807) is 4.90 Å². The molecule has 0 aliphatic carbocycles. The lowest BCUT2D eigenvalue weighted by molar-refractivity contribution is -0.136. The predicted octanol–water partition coefficient (Wildman–Crippen LogP) is -0.112. The zero-order valence-electron chi connectivity index (χ0n) is 10.1. The molecule has 0 saturated carbocycles. The molecule has 2 rings (SSSR count). The summed E-state index contributed by atoms with van der Waals surface area (Å²) in [5, 5.41) is 3.83. The van der Waals surface area contributed by atoms with Gasteiger partial charge in [0.25, 0.3) is 5.91 Å². The summed E-state index contributed by atoms with van der Waals surface area (Å²) in [5.74, 6) is -0.224. The van der Waals surface area contributed by atoms with Crippen LogP contribution in [-0.2, 0) is 14.3 Å². The first-order valence-electron chi connectivity index (χ1n) is 5.86. The SMILES string of the molecule is C[C@H]1CN(C(=O)C2=NNC(=O)CC2)[C@@H](C)CO1. The molecule has 0 aromatic carbocycles. The van der Waals surface area contributed by atoms with Crippen LogP contribution in [0.5, 0.6) is 0 Å². The maximum atomic E-state index is 12.2. The maximum absolute atomic E-state index is 12.2. The lowest BCUT2D eigenvalue weighted by Crippen LogP contribution is -2.53. The number of ether oxygens (including phenoxy) is 1. The molecule has 0 bridgehead atoms. The van der Waals surface area contributed by atoms with E-state index >= 15 is 0 Å². The van der Waals surface area contributed by atoms with Gasteiger partial charge in [0, 0.05) is 19.4 Å². The number of amides is 2. The van der Waals surface area contributed by atoms with E-state index in [0.29, 0.717) is 31.7 Å². The van der Waals surface area contributed by atoms with Gasteiger partial charge < -0.3 is 9.64 Å². The van der Waals surface area contributed by atoms with Crippen molar-refractivity contribution in [1.29, 1.82) is 0 Å². The molecular weight excluding hydrogens is 222 g/mol. The summed E-state index contributed by atoms with van der Waals surface area (Å²) >= 11 is 0. The first-order chi connectivity index (χ1) is 8.08. The van der Waals surface area contributed by atoms with Crippen molar-refractivity contribution in [2.45, 2.75) is 38.8 Å². The molecule has 2 amide bonds. The minimum Gasteiger partial charge on any atom is -0.375 e. The molecule has 1 fully saturated rings. The van der Waals surface area contributed by atoms with Gasteiger partial charge >= 0.3 is 0 Å². The van der Waals surface area contributed by atoms with Gasteiger partial charge in [-0.2, -0.15) is 5.10 Å². The van der Waals surface area contributed by atoms with Gasteiger partial charge in [0.15, 0.2) is 0 Å². The maximum Gasteiger partial charge on any atom is 0.270 e. The highest BCUT2D eigenvalue weighted by Crippen LogP contribution is 2.14. The molecule has 17 heavy (non-hydrogen) atoms. The second-order valence-electron chi connectivity index (χ2n) is 4.54. The molecule has 0 aromatic heterocycles. The summed E-state index contributed by atoms with van der Waals surface area (Å²) in [4.78, 5) is 24.9. The van der Waals surface area contributed by atoms with Crippen molar-refractivity contribution in [3.05, 3.63) is 0 Å². The van der Waals surface area contributed by atoms with Crippen LogP contribution in [0, 0.1) is 0 Å². The summed E-state index contributed by atoms with van der Waals surface area (Å²) in [6.07, 6.45) is 0.802. The third-order valence-corrected chi connectivity index (χ3v) is 3.02. The highest BCUT2D eigenvalue weighted by atomic mass is 16.5. The Balaban J connectivity index is 2.06. The number of morpholine rings is 1. The number of nitrogens with one attached hydrogen (secondary N) is 1. The van der Waals surface area contributed by atoms with E-state index in [0.717, 1.165) is 0 Å². The average molecular weight is 239 g/mol. The fraction of sp³-hybridized carbons (Fsp3) is 0.727. The minimum absolute atomic E-state index is 0.0499. The standard InChI is InChI=1S/C11H17N3O3/c1-7-6-17-8(2)5-14(7)11(16)9-3-4-10(15)13-12-9/h7-8H,3-6H2,1-2H3,(H,13,15)/t7-,8-/m0/s1. The first kappa shape index (κ1) is 12.0. The van der Waals surface area contributed by atoms with E-state index in [2.05, 4.69) is 10.5 Å². The quantitative estimate of drug-likeness (QED) is 0.694. The van der Waals surface area contributed by atoms with Crippen LogP contribution in [0.2, 0.25) is 0 Å². The Bertz CT molecular complexity index is 367. The number of rotatable bonds is 1. The van der Waals surface area contributed by atoms with Crippen LogP contribution in [0.1, 0.15) is 26.7 Å². The third kappa shape index (κ3) is 2.63. The van der Waals surface area contributed by atoms with Gasteiger partial charge in [-0.25, -0.2) is 5.43 Å². The van der Waals surface area contributed by atoms with Crippen LogP contribution in [0.4, 0.5) is 0 Å². The van der Waals surface area contributed by atoms with E-state index < -0.39 is 0 Å². The topological polar surface area (TPSA) is 71.0 Å². The minimum atomic E-state index is -0.134. The second-order valence-corrected chi connectivity index (χ2v) is 4.54. The van der Waals surface area contributed by atoms with Crippen LogP contribution >= 0.6 is 0 Å². The van der Waals surface area contributed by atoms with Crippen molar-refractivity contribution < 1.29 is 14.3 Å². The van der Waals surface area contributed by atoms with Crippen molar-refractivity contribution in [2.24, 2.45) is 5.10 Å². The van der Waals surface area contributed by atoms with Gasteiger partial charge in [-0.1, -0.05) is 0 Å². The van der Waals surface area contributed by atoms with Crippen molar-refractivity contribution in [2.75, 3.05) is 13.2 Å². The van der Waals surface area contributed by atoms with Gasteiger partial charge in [-0.3, -0.25) is 9.59 Å². The number of hydrogen-bond acceptors (Lipinski definition) is 4. The van der Waals surface area contributed by atoms with Crippen molar-refractivity contribution in [1.82, 2.24) is 10.3 Å². The molecule has 2 aliphatic rings. The second kappa shape index (κ2) is 4.83. The number of carbonyl (C=O) groups is 2. The molecule has 1 N–H and O–H groups in total. The smallest absolute Gasteiger partial charge is 0.270 e. The van der Waals surface area contributed by atoms with Crippen molar-refractivity contribution in [3.8, 4) is 0 Å². The van der Waals surface area contributed by atoms with E-state index in [1.807, 2.05) is 13.8 Å². The Labute approximate surface area is 100.0 Å². The number of nitrogens with zero attached hydrogens (tertiary/aromatic N) is 2. The first-order valence-corrected chi connectivity index (χ1v) is 5.86. The van der Waals surface area contributed by atoms with E-state index in [9.17, 15) is 9.59 Å². The molecule has 6 nitrogen and oxygen atoms in total. The molecule has 2 atom stereocenters. The Hall–Kier alpha value is -1.43. The molecule has 1 saturated heterocycles. The Kier molecular flexibility index (Phi) is 3.42.